The van der Waals surface area contributed by atoms with Crippen LogP contribution in [-0.4, -0.2) is 26.8 Å². The summed E-state index contributed by atoms with van der Waals surface area (Å²) in [6, 6.07) is 11.4. The first-order valence-electron chi connectivity index (χ1n) is 7.74. The summed E-state index contributed by atoms with van der Waals surface area (Å²) in [5.74, 6) is -1.89. The van der Waals surface area contributed by atoms with E-state index < -0.39 is 17.8 Å². The number of nitrogens with zero attached hydrogens (tertiary/aromatic N) is 2. The number of rotatable bonds is 4. The van der Waals surface area contributed by atoms with Crippen molar-refractivity contribution >= 4 is 40.1 Å². The zero-order chi connectivity index (χ0) is 20.5. The second-order valence-electron chi connectivity index (χ2n) is 5.66. The third-order valence-corrected chi connectivity index (χ3v) is 4.73. The highest BCUT2D eigenvalue weighted by Crippen LogP contribution is 2.26. The summed E-state index contributed by atoms with van der Waals surface area (Å²) in [4.78, 5) is 25.8. The molecular weight excluding hydrogens is 512 g/mol. The predicted molar refractivity (Wildman–Crippen MR) is 105 cm³/mol. The first-order valence-corrected chi connectivity index (χ1v) is 9.20. The van der Waals surface area contributed by atoms with E-state index in [-0.39, 0.29) is 17.4 Å². The summed E-state index contributed by atoms with van der Waals surface area (Å²) in [5.41, 5.74) is 0.726. The lowest BCUT2D eigenvalue weighted by Gasteiger charge is -2.09. The fraction of sp³-hybridized carbons (Fsp3) is 0.118. The summed E-state index contributed by atoms with van der Waals surface area (Å²) in [6.07, 6.45) is -4.97. The van der Waals surface area contributed by atoms with Crippen LogP contribution in [0, 0.1) is 3.57 Å². The molecule has 1 aromatic heterocycles. The molecule has 0 aliphatic heterocycles. The van der Waals surface area contributed by atoms with Crippen molar-refractivity contribution in [1.82, 2.24) is 20.1 Å². The molecular formula is C17H11ClF3IN4O2. The number of aromatic nitrogens is 3. The van der Waals surface area contributed by atoms with Gasteiger partial charge in [-0.2, -0.15) is 17.9 Å². The Balaban J connectivity index is 1.90. The van der Waals surface area contributed by atoms with E-state index in [1.54, 1.807) is 17.4 Å². The van der Waals surface area contributed by atoms with E-state index in [9.17, 15) is 22.8 Å². The molecule has 3 aromatic rings. The molecule has 0 saturated heterocycles. The van der Waals surface area contributed by atoms with Crippen LogP contribution in [-0.2, 0) is 11.3 Å². The van der Waals surface area contributed by atoms with Crippen LogP contribution in [0.5, 0.6) is 0 Å². The van der Waals surface area contributed by atoms with Crippen molar-refractivity contribution in [2.75, 3.05) is 0 Å². The lowest BCUT2D eigenvalue weighted by molar-refractivity contribution is -0.173. The van der Waals surface area contributed by atoms with Crippen molar-refractivity contribution < 1.29 is 18.0 Å². The Labute approximate surface area is 174 Å². The number of halogens is 5. The van der Waals surface area contributed by atoms with E-state index in [0.29, 0.717) is 16.8 Å². The Bertz CT molecular complexity index is 1080. The molecule has 0 aliphatic rings. The van der Waals surface area contributed by atoms with Crippen LogP contribution in [0.1, 0.15) is 5.56 Å². The standard InChI is InChI=1S/C17H11ClF3IN4O2/c18-13-6-1-9(8-23-15(27)17(19,20)21)7-12(13)14-24-16(28)26(25-14)11-4-2-10(22)3-5-11/h1-7H,8H2,(H,23,27)(H,24,25,28). The number of aromatic amines is 1. The number of nitrogens with one attached hydrogen (secondary N) is 2. The summed E-state index contributed by atoms with van der Waals surface area (Å²) in [5, 5.41) is 6.24. The number of hydrogen-bond donors (Lipinski definition) is 2. The van der Waals surface area contributed by atoms with Crippen LogP contribution in [0.2, 0.25) is 5.02 Å². The molecule has 0 bridgehead atoms. The molecule has 0 fully saturated rings. The van der Waals surface area contributed by atoms with Crippen LogP contribution in [0.3, 0.4) is 0 Å². The highest BCUT2D eigenvalue weighted by atomic mass is 127. The van der Waals surface area contributed by atoms with Gasteiger partial charge < -0.3 is 5.32 Å². The van der Waals surface area contributed by atoms with E-state index in [0.717, 1.165) is 8.25 Å². The Morgan fingerprint density at radius 3 is 2.54 bits per heavy atom. The zero-order valence-corrected chi connectivity index (χ0v) is 16.8. The third-order valence-electron chi connectivity index (χ3n) is 3.69. The van der Waals surface area contributed by atoms with Gasteiger partial charge in [0.2, 0.25) is 0 Å². The number of alkyl halides is 3. The van der Waals surface area contributed by atoms with Gasteiger partial charge in [-0.1, -0.05) is 17.7 Å². The van der Waals surface area contributed by atoms with Gasteiger partial charge in [-0.05, 0) is 64.6 Å². The number of H-pyrrole nitrogens is 1. The first-order chi connectivity index (χ1) is 13.1. The van der Waals surface area contributed by atoms with E-state index in [2.05, 4.69) is 32.7 Å². The number of carbonyl (C=O) groups excluding carboxylic acids is 1. The number of hydrogen-bond acceptors (Lipinski definition) is 3. The molecule has 2 N–H and O–H groups in total. The molecule has 11 heteroatoms. The minimum Gasteiger partial charge on any atom is -0.344 e. The van der Waals surface area contributed by atoms with Gasteiger partial charge in [-0.3, -0.25) is 9.78 Å². The second-order valence-corrected chi connectivity index (χ2v) is 7.31. The maximum absolute atomic E-state index is 12.3. The molecule has 0 unspecified atom stereocenters. The van der Waals surface area contributed by atoms with Gasteiger partial charge in [-0.25, -0.2) is 4.79 Å². The quantitative estimate of drug-likeness (QED) is 0.514. The monoisotopic (exact) mass is 522 g/mol. The Kier molecular flexibility index (Phi) is 5.79. The minimum atomic E-state index is -4.97. The Morgan fingerprint density at radius 1 is 1.21 bits per heavy atom. The first kappa shape index (κ1) is 20.4. The van der Waals surface area contributed by atoms with Crippen LogP contribution in [0.25, 0.3) is 17.1 Å². The van der Waals surface area contributed by atoms with Crippen molar-refractivity contribution in [2.45, 2.75) is 12.7 Å². The SMILES string of the molecule is O=C(NCc1ccc(Cl)c(-c2nn(-c3ccc(I)cc3)c(=O)[nH]2)c1)C(F)(F)F. The molecule has 0 aliphatic carbocycles. The lowest BCUT2D eigenvalue weighted by atomic mass is 10.1. The molecule has 6 nitrogen and oxygen atoms in total. The molecule has 2 aromatic carbocycles. The fourth-order valence-corrected chi connectivity index (χ4v) is 2.92. The molecule has 0 spiro atoms. The van der Waals surface area contributed by atoms with Gasteiger partial charge in [0.25, 0.3) is 0 Å². The van der Waals surface area contributed by atoms with Crippen molar-refractivity contribution in [3.63, 3.8) is 0 Å². The second kappa shape index (κ2) is 7.95. The van der Waals surface area contributed by atoms with Gasteiger partial charge in [0.1, 0.15) is 0 Å². The Hall–Kier alpha value is -2.34. The van der Waals surface area contributed by atoms with Crippen molar-refractivity contribution in [3.8, 4) is 17.1 Å². The van der Waals surface area contributed by atoms with Crippen LogP contribution in [0.4, 0.5) is 13.2 Å². The summed E-state index contributed by atoms with van der Waals surface area (Å²) in [7, 11) is 0. The summed E-state index contributed by atoms with van der Waals surface area (Å²) in [6.45, 7) is -0.357. The molecule has 0 radical (unpaired) electrons. The fourth-order valence-electron chi connectivity index (χ4n) is 2.35. The van der Waals surface area contributed by atoms with E-state index in [1.807, 2.05) is 12.1 Å². The van der Waals surface area contributed by atoms with E-state index in [4.69, 9.17) is 11.6 Å². The highest BCUT2D eigenvalue weighted by Gasteiger charge is 2.38. The molecule has 0 saturated carbocycles. The third kappa shape index (κ3) is 4.55. The Morgan fingerprint density at radius 2 is 1.89 bits per heavy atom. The minimum absolute atomic E-state index is 0.151. The molecule has 28 heavy (non-hydrogen) atoms. The average Bonchev–Trinajstić information content (AvgIpc) is 3.02. The van der Waals surface area contributed by atoms with E-state index in [1.165, 1.54) is 18.2 Å². The number of amides is 1. The molecule has 1 heterocycles. The van der Waals surface area contributed by atoms with Crippen LogP contribution in [0.15, 0.2) is 47.3 Å². The van der Waals surface area contributed by atoms with Gasteiger partial charge in [0.05, 0.1) is 10.7 Å². The smallest absolute Gasteiger partial charge is 0.344 e. The van der Waals surface area contributed by atoms with E-state index >= 15 is 0 Å². The van der Waals surface area contributed by atoms with Gasteiger partial charge in [-0.15, -0.1) is 5.10 Å². The lowest BCUT2D eigenvalue weighted by Crippen LogP contribution is -2.36. The van der Waals surface area contributed by atoms with Gasteiger partial charge in [0, 0.05) is 15.7 Å². The number of benzene rings is 2. The van der Waals surface area contributed by atoms with Crippen LogP contribution >= 0.6 is 34.2 Å². The highest BCUT2D eigenvalue weighted by molar-refractivity contribution is 14.1. The summed E-state index contributed by atoms with van der Waals surface area (Å²) < 4.78 is 39.1. The topological polar surface area (TPSA) is 79.8 Å². The van der Waals surface area contributed by atoms with Crippen LogP contribution < -0.4 is 11.0 Å². The predicted octanol–water partition coefficient (Wildman–Crippen LogP) is 3.66. The van der Waals surface area contributed by atoms with Gasteiger partial charge >= 0.3 is 17.8 Å². The largest absolute Gasteiger partial charge is 0.471 e. The van der Waals surface area contributed by atoms with Crippen molar-refractivity contribution in [2.24, 2.45) is 0 Å². The summed E-state index contributed by atoms with van der Waals surface area (Å²) >= 11 is 8.29. The average molecular weight is 523 g/mol. The maximum atomic E-state index is 12.3. The number of carbonyl (C=O) groups is 1. The molecule has 0 atom stereocenters. The van der Waals surface area contributed by atoms with Crippen molar-refractivity contribution in [1.29, 1.82) is 0 Å². The zero-order valence-electron chi connectivity index (χ0n) is 13.8. The van der Waals surface area contributed by atoms with Crippen molar-refractivity contribution in [3.05, 3.63) is 67.1 Å². The molecule has 1 amide bonds. The normalized spacial score (nSPS) is 11.5. The van der Waals surface area contributed by atoms with Gasteiger partial charge in [0.15, 0.2) is 5.82 Å². The molecule has 3 rings (SSSR count). The maximum Gasteiger partial charge on any atom is 0.471 e. The molecule has 146 valence electrons.